The Kier molecular flexibility index (Phi) is 6.18. The number of aromatic hydroxyl groups is 1. The molecule has 0 heterocycles. The number of carbonyl (C=O) groups excluding carboxylic acids is 3. The SMILES string of the molecule is CO/N=C/c1ccc(OC)c(-c2ccc(O)c3c2C[C@H]2C[C@H]4CC(O)=C(C(N)=O)C(=O)[C@@]4(O)C(O)=C2C3=O)c1. The van der Waals surface area contributed by atoms with Crippen LogP contribution < -0.4 is 10.5 Å². The Labute approximate surface area is 222 Å². The van der Waals surface area contributed by atoms with E-state index in [2.05, 4.69) is 5.16 Å². The molecule has 1 amide bonds. The van der Waals surface area contributed by atoms with Crippen molar-refractivity contribution in [1.29, 1.82) is 0 Å². The van der Waals surface area contributed by atoms with E-state index in [4.69, 9.17) is 15.3 Å². The van der Waals surface area contributed by atoms with Gasteiger partial charge < -0.3 is 35.7 Å². The van der Waals surface area contributed by atoms with Crippen LogP contribution in [-0.4, -0.2) is 63.9 Å². The van der Waals surface area contributed by atoms with Gasteiger partial charge in [-0.25, -0.2) is 0 Å². The lowest BCUT2D eigenvalue weighted by Crippen LogP contribution is -2.57. The molecule has 0 spiro atoms. The summed E-state index contributed by atoms with van der Waals surface area (Å²) in [7, 11) is 2.92. The number of phenolic OH excluding ortho intramolecular Hbond substituents is 1. The molecular weight excluding hydrogens is 508 g/mol. The number of oxime groups is 1. The van der Waals surface area contributed by atoms with Crippen molar-refractivity contribution < 1.29 is 44.4 Å². The number of nitrogens with two attached hydrogens (primary N) is 1. The van der Waals surface area contributed by atoms with Crippen molar-refractivity contribution in [3.63, 3.8) is 0 Å². The summed E-state index contributed by atoms with van der Waals surface area (Å²) in [5.74, 6) is -6.24. The average molecular weight is 535 g/mol. The summed E-state index contributed by atoms with van der Waals surface area (Å²) in [5.41, 5.74) is 3.91. The minimum absolute atomic E-state index is 0.0374. The van der Waals surface area contributed by atoms with E-state index >= 15 is 0 Å². The number of carbonyl (C=O) groups is 3. The molecule has 0 saturated heterocycles. The summed E-state index contributed by atoms with van der Waals surface area (Å²) in [4.78, 5) is 43.5. The third-order valence-electron chi connectivity index (χ3n) is 7.77. The fourth-order valence-electron chi connectivity index (χ4n) is 6.00. The first-order valence-corrected chi connectivity index (χ1v) is 12.1. The number of primary amides is 1. The second kappa shape index (κ2) is 9.28. The Hall–Kier alpha value is -4.64. The lowest BCUT2D eigenvalue weighted by Gasteiger charge is -2.45. The highest BCUT2D eigenvalue weighted by atomic mass is 16.6. The van der Waals surface area contributed by atoms with E-state index in [0.29, 0.717) is 28.0 Å². The molecule has 2 aromatic rings. The average Bonchev–Trinajstić information content (AvgIpc) is 2.89. The number of methoxy groups -OCH3 is 1. The van der Waals surface area contributed by atoms with Crippen LogP contribution in [0.3, 0.4) is 0 Å². The molecule has 0 aromatic heterocycles. The maximum Gasteiger partial charge on any atom is 0.255 e. The van der Waals surface area contributed by atoms with Crippen molar-refractivity contribution in [2.75, 3.05) is 14.2 Å². The van der Waals surface area contributed by atoms with Crippen LogP contribution in [0.4, 0.5) is 0 Å². The van der Waals surface area contributed by atoms with Crippen molar-refractivity contribution in [3.8, 4) is 22.6 Å². The summed E-state index contributed by atoms with van der Waals surface area (Å²) < 4.78 is 5.55. The number of aliphatic hydroxyl groups excluding tert-OH is 2. The third-order valence-corrected chi connectivity index (χ3v) is 7.77. The van der Waals surface area contributed by atoms with Crippen LogP contribution in [0.15, 0.2) is 58.2 Å². The topological polar surface area (TPSA) is 189 Å². The maximum atomic E-state index is 13.8. The first-order chi connectivity index (χ1) is 18.5. The molecular formula is C28H26N2O9. The lowest BCUT2D eigenvalue weighted by molar-refractivity contribution is -0.144. The molecule has 0 unspecified atom stereocenters. The lowest BCUT2D eigenvalue weighted by atomic mass is 9.60. The van der Waals surface area contributed by atoms with E-state index in [-0.39, 0.29) is 36.1 Å². The van der Waals surface area contributed by atoms with Crippen molar-refractivity contribution in [2.24, 2.45) is 22.7 Å². The number of Topliss-reactive ketones (excluding diaryl/α,β-unsaturated/α-hetero) is 2. The molecule has 3 atom stereocenters. The van der Waals surface area contributed by atoms with Crippen LogP contribution in [0, 0.1) is 11.8 Å². The molecule has 0 fully saturated rings. The standard InChI is InChI=1S/C28H26N2O9/c1-38-20-6-3-12(11-30-39-2)7-16(20)15-4-5-18(31)22-17(15)9-13-8-14-10-19(32)23(27(29)36)26(35)28(14,37)25(34)21(13)24(22)33/h3-7,11,13-14,31-32,34,37H,8-10H2,1-2H3,(H2,29,36)/b30-11+/t13-,14+,28+/m1/s1. The Morgan fingerprint density at radius 1 is 1.10 bits per heavy atom. The summed E-state index contributed by atoms with van der Waals surface area (Å²) in [6.07, 6.45) is 1.41. The van der Waals surface area contributed by atoms with Gasteiger partial charge in [-0.3, -0.25) is 14.4 Å². The molecule has 0 aliphatic heterocycles. The molecule has 11 heteroatoms. The van der Waals surface area contributed by atoms with Gasteiger partial charge in [0.15, 0.2) is 11.4 Å². The number of fused-ring (bicyclic) bond motifs is 3. The zero-order valence-corrected chi connectivity index (χ0v) is 21.1. The fourth-order valence-corrected chi connectivity index (χ4v) is 6.00. The van der Waals surface area contributed by atoms with Gasteiger partial charge in [0.1, 0.15) is 35.7 Å². The van der Waals surface area contributed by atoms with Gasteiger partial charge in [0.25, 0.3) is 5.91 Å². The van der Waals surface area contributed by atoms with E-state index in [9.17, 15) is 34.8 Å². The second-order valence-corrected chi connectivity index (χ2v) is 9.77. The second-order valence-electron chi connectivity index (χ2n) is 9.77. The van der Waals surface area contributed by atoms with Crippen LogP contribution >= 0.6 is 0 Å². The van der Waals surface area contributed by atoms with Crippen molar-refractivity contribution in [3.05, 3.63) is 69.7 Å². The molecule has 0 saturated carbocycles. The van der Waals surface area contributed by atoms with E-state index in [1.165, 1.54) is 26.5 Å². The fraction of sp³-hybridized carbons (Fsp3) is 0.286. The number of ketones is 2. The largest absolute Gasteiger partial charge is 0.511 e. The Bertz CT molecular complexity index is 1540. The molecule has 3 aliphatic rings. The van der Waals surface area contributed by atoms with E-state index < -0.39 is 52.0 Å². The highest BCUT2D eigenvalue weighted by Crippen LogP contribution is 2.52. The highest BCUT2D eigenvalue weighted by molar-refractivity contribution is 6.24. The zero-order chi connectivity index (χ0) is 28.2. The molecule has 5 rings (SSSR count). The van der Waals surface area contributed by atoms with E-state index in [1.54, 1.807) is 24.3 Å². The molecule has 2 aromatic carbocycles. The van der Waals surface area contributed by atoms with Gasteiger partial charge in [-0.15, -0.1) is 0 Å². The number of benzene rings is 2. The van der Waals surface area contributed by atoms with Gasteiger partial charge in [-0.1, -0.05) is 11.2 Å². The first kappa shape index (κ1) is 26.0. The quantitative estimate of drug-likeness (QED) is 0.218. The molecule has 0 bridgehead atoms. The Balaban J connectivity index is 1.68. The Morgan fingerprint density at radius 3 is 2.51 bits per heavy atom. The van der Waals surface area contributed by atoms with Gasteiger partial charge in [-0.2, -0.15) is 0 Å². The number of amides is 1. The maximum absolute atomic E-state index is 13.8. The molecule has 6 N–H and O–H groups in total. The van der Waals surface area contributed by atoms with Gasteiger partial charge in [0, 0.05) is 23.5 Å². The van der Waals surface area contributed by atoms with Crippen LogP contribution in [-0.2, 0) is 20.8 Å². The number of aliphatic hydroxyl groups is 3. The number of nitrogens with zero attached hydrogens (tertiary/aromatic N) is 1. The van der Waals surface area contributed by atoms with Crippen LogP contribution in [0.2, 0.25) is 0 Å². The predicted molar refractivity (Wildman–Crippen MR) is 137 cm³/mol. The molecule has 11 nitrogen and oxygen atoms in total. The van der Waals surface area contributed by atoms with Crippen LogP contribution in [0.5, 0.6) is 11.5 Å². The van der Waals surface area contributed by atoms with E-state index in [0.717, 1.165) is 0 Å². The van der Waals surface area contributed by atoms with Crippen molar-refractivity contribution in [2.45, 2.75) is 24.9 Å². The van der Waals surface area contributed by atoms with Gasteiger partial charge in [-0.05, 0) is 59.7 Å². The van der Waals surface area contributed by atoms with Crippen molar-refractivity contribution >= 4 is 23.7 Å². The molecule has 39 heavy (non-hydrogen) atoms. The number of ether oxygens (including phenoxy) is 1. The highest BCUT2D eigenvalue weighted by Gasteiger charge is 2.59. The van der Waals surface area contributed by atoms with Gasteiger partial charge in [0.2, 0.25) is 5.78 Å². The summed E-state index contributed by atoms with van der Waals surface area (Å²) >= 11 is 0. The number of hydrogen-bond donors (Lipinski definition) is 5. The normalized spacial score (nSPS) is 24.4. The molecule has 3 aliphatic carbocycles. The molecule has 202 valence electrons. The van der Waals surface area contributed by atoms with Crippen LogP contribution in [0.1, 0.15) is 34.3 Å². The van der Waals surface area contributed by atoms with Gasteiger partial charge in [0.05, 0.1) is 18.9 Å². The predicted octanol–water partition coefficient (Wildman–Crippen LogP) is 2.24. The minimum Gasteiger partial charge on any atom is -0.511 e. The third kappa shape index (κ3) is 3.76. The first-order valence-electron chi connectivity index (χ1n) is 12.1. The van der Waals surface area contributed by atoms with Gasteiger partial charge >= 0.3 is 0 Å². The smallest absolute Gasteiger partial charge is 0.255 e. The Morgan fingerprint density at radius 2 is 1.85 bits per heavy atom. The summed E-state index contributed by atoms with van der Waals surface area (Å²) in [6.45, 7) is 0. The zero-order valence-electron chi connectivity index (χ0n) is 21.1. The van der Waals surface area contributed by atoms with Crippen LogP contribution in [0.25, 0.3) is 11.1 Å². The summed E-state index contributed by atoms with van der Waals surface area (Å²) in [6, 6.07) is 8.28. The van der Waals surface area contributed by atoms with E-state index in [1.807, 2.05) is 0 Å². The number of allylic oxidation sites excluding steroid dienone is 2. The number of hydrogen-bond acceptors (Lipinski definition) is 10. The van der Waals surface area contributed by atoms with Crippen molar-refractivity contribution in [1.82, 2.24) is 0 Å². The minimum atomic E-state index is -2.61. The summed E-state index contributed by atoms with van der Waals surface area (Å²) in [5, 5.41) is 47.4. The monoisotopic (exact) mass is 534 g/mol. The molecule has 0 radical (unpaired) electrons. The number of rotatable bonds is 5. The number of phenols is 1.